The van der Waals surface area contributed by atoms with E-state index in [1.807, 2.05) is 0 Å². The van der Waals surface area contributed by atoms with Gasteiger partial charge in [0.2, 0.25) is 11.8 Å². The Kier molecular flexibility index (Phi) is 7.70. The Hall–Kier alpha value is -2.03. The SMILES string of the molecule is O=C(NCCNC(=O)C1CCCCC1)c1cnc(OCC(F)(F)F)c(Cl)c1. The minimum absolute atomic E-state index is 0.000161. The molecule has 0 radical (unpaired) electrons. The molecule has 27 heavy (non-hydrogen) atoms. The predicted octanol–water partition coefficient (Wildman–Crippen LogP) is 3.10. The van der Waals surface area contributed by atoms with E-state index in [4.69, 9.17) is 11.6 Å². The molecule has 2 N–H and O–H groups in total. The van der Waals surface area contributed by atoms with Crippen LogP contribution in [-0.2, 0) is 4.79 Å². The molecule has 1 heterocycles. The van der Waals surface area contributed by atoms with Crippen molar-refractivity contribution >= 4 is 23.4 Å². The van der Waals surface area contributed by atoms with Crippen molar-refractivity contribution in [3.8, 4) is 5.88 Å². The maximum absolute atomic E-state index is 12.1. The first kappa shape index (κ1) is 21.3. The van der Waals surface area contributed by atoms with Gasteiger partial charge in [0.15, 0.2) is 6.61 Å². The molecule has 150 valence electrons. The lowest BCUT2D eigenvalue weighted by molar-refractivity contribution is -0.154. The summed E-state index contributed by atoms with van der Waals surface area (Å²) in [6, 6.07) is 1.18. The van der Waals surface area contributed by atoms with Crippen LogP contribution in [0.25, 0.3) is 0 Å². The van der Waals surface area contributed by atoms with Crippen LogP contribution < -0.4 is 15.4 Å². The number of carbonyl (C=O) groups is 2. The number of carbonyl (C=O) groups excluding carboxylic acids is 2. The summed E-state index contributed by atoms with van der Waals surface area (Å²) in [5.41, 5.74) is 0.0814. The fraction of sp³-hybridized carbons (Fsp3) is 0.588. The summed E-state index contributed by atoms with van der Waals surface area (Å²) in [5, 5.41) is 5.18. The van der Waals surface area contributed by atoms with E-state index in [9.17, 15) is 22.8 Å². The number of nitrogens with zero attached hydrogens (tertiary/aromatic N) is 1. The number of ether oxygens (including phenoxy) is 1. The first-order chi connectivity index (χ1) is 12.8. The summed E-state index contributed by atoms with van der Waals surface area (Å²) in [5.74, 6) is -0.856. The Labute approximate surface area is 159 Å². The molecular formula is C17H21ClF3N3O3. The molecule has 0 unspecified atom stereocenters. The molecule has 10 heteroatoms. The number of alkyl halides is 3. The molecule has 0 aliphatic heterocycles. The van der Waals surface area contributed by atoms with E-state index < -0.39 is 24.6 Å². The summed E-state index contributed by atoms with van der Waals surface area (Å²) < 4.78 is 40.9. The van der Waals surface area contributed by atoms with Crippen molar-refractivity contribution in [1.82, 2.24) is 15.6 Å². The van der Waals surface area contributed by atoms with Gasteiger partial charge in [-0.15, -0.1) is 0 Å². The van der Waals surface area contributed by atoms with Crippen molar-refractivity contribution in [3.05, 3.63) is 22.8 Å². The van der Waals surface area contributed by atoms with E-state index >= 15 is 0 Å². The molecule has 1 aromatic rings. The van der Waals surface area contributed by atoms with Crippen molar-refractivity contribution in [2.75, 3.05) is 19.7 Å². The second-order valence-corrected chi connectivity index (χ2v) is 6.70. The number of pyridine rings is 1. The average molecular weight is 408 g/mol. The number of rotatable bonds is 7. The number of hydrogen-bond donors (Lipinski definition) is 2. The van der Waals surface area contributed by atoms with E-state index in [0.29, 0.717) is 0 Å². The molecule has 1 saturated carbocycles. The third-order valence-electron chi connectivity index (χ3n) is 4.13. The lowest BCUT2D eigenvalue weighted by Crippen LogP contribution is -2.38. The third kappa shape index (κ3) is 7.24. The van der Waals surface area contributed by atoms with Crippen molar-refractivity contribution in [3.63, 3.8) is 0 Å². The van der Waals surface area contributed by atoms with Crippen LogP contribution in [0.15, 0.2) is 12.3 Å². The maximum atomic E-state index is 12.1. The van der Waals surface area contributed by atoms with Crippen LogP contribution in [0.4, 0.5) is 13.2 Å². The van der Waals surface area contributed by atoms with Gasteiger partial charge in [-0.2, -0.15) is 13.2 Å². The van der Waals surface area contributed by atoms with Gasteiger partial charge in [0.1, 0.15) is 5.02 Å². The fourth-order valence-corrected chi connectivity index (χ4v) is 3.00. The second-order valence-electron chi connectivity index (χ2n) is 6.30. The second kappa shape index (κ2) is 9.77. The molecule has 6 nitrogen and oxygen atoms in total. The number of aromatic nitrogens is 1. The molecule has 0 spiro atoms. The highest BCUT2D eigenvalue weighted by Gasteiger charge is 2.29. The summed E-state index contributed by atoms with van der Waals surface area (Å²) in [7, 11) is 0. The van der Waals surface area contributed by atoms with Gasteiger partial charge in [0, 0.05) is 25.2 Å². The maximum Gasteiger partial charge on any atom is 0.422 e. The average Bonchev–Trinajstić information content (AvgIpc) is 2.63. The quantitative estimate of drug-likeness (QED) is 0.681. The molecule has 2 amide bonds. The molecule has 0 atom stereocenters. The molecule has 2 rings (SSSR count). The molecule has 1 aliphatic carbocycles. The van der Waals surface area contributed by atoms with Gasteiger partial charge in [-0.1, -0.05) is 30.9 Å². The highest BCUT2D eigenvalue weighted by Crippen LogP contribution is 2.25. The van der Waals surface area contributed by atoms with Crippen LogP contribution in [0.3, 0.4) is 0 Å². The first-order valence-electron chi connectivity index (χ1n) is 8.67. The molecule has 0 bridgehead atoms. The lowest BCUT2D eigenvalue weighted by atomic mass is 9.89. The Morgan fingerprint density at radius 3 is 2.48 bits per heavy atom. The smallest absolute Gasteiger partial charge is 0.422 e. The zero-order valence-corrected chi connectivity index (χ0v) is 15.3. The Bertz CT molecular complexity index is 665. The van der Waals surface area contributed by atoms with Gasteiger partial charge < -0.3 is 15.4 Å². The van der Waals surface area contributed by atoms with Gasteiger partial charge in [0.05, 0.1) is 5.56 Å². The minimum Gasteiger partial charge on any atom is -0.467 e. The van der Waals surface area contributed by atoms with Crippen LogP contribution in [0.5, 0.6) is 5.88 Å². The molecule has 0 saturated heterocycles. The van der Waals surface area contributed by atoms with E-state index in [1.165, 1.54) is 6.07 Å². The van der Waals surface area contributed by atoms with E-state index in [0.717, 1.165) is 38.3 Å². The van der Waals surface area contributed by atoms with Gasteiger partial charge in [-0.05, 0) is 18.9 Å². The highest BCUT2D eigenvalue weighted by molar-refractivity contribution is 6.32. The van der Waals surface area contributed by atoms with Crippen molar-refractivity contribution in [2.24, 2.45) is 5.92 Å². The van der Waals surface area contributed by atoms with Crippen LogP contribution in [0.1, 0.15) is 42.5 Å². The first-order valence-corrected chi connectivity index (χ1v) is 9.05. The van der Waals surface area contributed by atoms with Crippen molar-refractivity contribution in [1.29, 1.82) is 0 Å². The minimum atomic E-state index is -4.51. The molecule has 0 aromatic carbocycles. The summed E-state index contributed by atoms with van der Waals surface area (Å²) in [4.78, 5) is 27.6. The van der Waals surface area contributed by atoms with Crippen molar-refractivity contribution in [2.45, 2.75) is 38.3 Å². The Morgan fingerprint density at radius 2 is 1.85 bits per heavy atom. The van der Waals surface area contributed by atoms with Crippen LogP contribution in [0.2, 0.25) is 5.02 Å². The zero-order valence-electron chi connectivity index (χ0n) is 14.6. The monoisotopic (exact) mass is 407 g/mol. The molecule has 1 aromatic heterocycles. The van der Waals surface area contributed by atoms with E-state index in [1.54, 1.807) is 0 Å². The third-order valence-corrected chi connectivity index (χ3v) is 4.40. The van der Waals surface area contributed by atoms with E-state index in [-0.39, 0.29) is 35.5 Å². The van der Waals surface area contributed by atoms with Gasteiger partial charge in [-0.3, -0.25) is 9.59 Å². The van der Waals surface area contributed by atoms with Crippen LogP contribution in [0, 0.1) is 5.92 Å². The highest BCUT2D eigenvalue weighted by atomic mass is 35.5. The summed E-state index contributed by atoms with van der Waals surface area (Å²) >= 11 is 5.80. The summed E-state index contributed by atoms with van der Waals surface area (Å²) in [6.07, 6.45) is 1.64. The molecule has 1 fully saturated rings. The number of halogens is 4. The summed E-state index contributed by atoms with van der Waals surface area (Å²) in [6.45, 7) is -1.03. The number of amides is 2. The van der Waals surface area contributed by atoms with Gasteiger partial charge >= 0.3 is 6.18 Å². The van der Waals surface area contributed by atoms with Gasteiger partial charge in [-0.25, -0.2) is 4.98 Å². The molecular weight excluding hydrogens is 387 g/mol. The number of nitrogens with one attached hydrogen (secondary N) is 2. The van der Waals surface area contributed by atoms with E-state index in [2.05, 4.69) is 20.4 Å². The zero-order chi connectivity index (χ0) is 19.9. The standard InChI is InChI=1S/C17H21ClF3N3O3/c18-13-8-12(9-24-16(13)27-10-17(19,20)21)15(26)23-7-6-22-14(25)11-4-2-1-3-5-11/h8-9,11H,1-7,10H2,(H,22,25)(H,23,26). The largest absolute Gasteiger partial charge is 0.467 e. The topological polar surface area (TPSA) is 80.3 Å². The molecule has 1 aliphatic rings. The van der Waals surface area contributed by atoms with Crippen LogP contribution in [-0.4, -0.2) is 42.7 Å². The van der Waals surface area contributed by atoms with Crippen LogP contribution >= 0.6 is 11.6 Å². The Balaban J connectivity index is 1.75. The normalized spacial score (nSPS) is 15.3. The fourth-order valence-electron chi connectivity index (χ4n) is 2.78. The predicted molar refractivity (Wildman–Crippen MR) is 92.7 cm³/mol. The van der Waals surface area contributed by atoms with Crippen molar-refractivity contribution < 1.29 is 27.5 Å². The lowest BCUT2D eigenvalue weighted by Gasteiger charge is -2.20. The van der Waals surface area contributed by atoms with Gasteiger partial charge in [0.25, 0.3) is 5.91 Å². The number of hydrogen-bond acceptors (Lipinski definition) is 4. The Morgan fingerprint density at radius 1 is 1.19 bits per heavy atom.